The summed E-state index contributed by atoms with van der Waals surface area (Å²) < 4.78 is 0. The molecule has 5 nitrogen and oxygen atoms in total. The van der Waals surface area contributed by atoms with Crippen molar-refractivity contribution in [1.82, 2.24) is 26.6 Å². The number of hydrazine groups is 4. The zero-order chi connectivity index (χ0) is 9.14. The monoisotopic (exact) mass is 173 g/mol. The minimum absolute atomic E-state index is 0.499. The molecule has 1 rings (SSSR count). The Labute approximate surface area is 74.0 Å². The maximum Gasteiger partial charge on any atom is 0.0937 e. The molecule has 0 spiro atoms. The van der Waals surface area contributed by atoms with Gasteiger partial charge in [0.2, 0.25) is 0 Å². The second-order valence-corrected chi connectivity index (χ2v) is 3.54. The molecule has 1 aliphatic heterocycles. The third-order valence-electron chi connectivity index (χ3n) is 1.84. The van der Waals surface area contributed by atoms with Crippen molar-refractivity contribution in [2.24, 2.45) is 0 Å². The predicted molar refractivity (Wildman–Crippen MR) is 48.2 cm³/mol. The van der Waals surface area contributed by atoms with Gasteiger partial charge >= 0.3 is 0 Å². The van der Waals surface area contributed by atoms with E-state index in [-0.39, 0.29) is 0 Å². The van der Waals surface area contributed by atoms with Gasteiger partial charge in [-0.05, 0) is 27.7 Å². The Balaban J connectivity index is 2.52. The van der Waals surface area contributed by atoms with Crippen LogP contribution in [0.4, 0.5) is 0 Å². The number of hydrogen-bond acceptors (Lipinski definition) is 5. The van der Waals surface area contributed by atoms with Crippen molar-refractivity contribution in [1.29, 1.82) is 0 Å². The molecule has 1 heterocycles. The van der Waals surface area contributed by atoms with Gasteiger partial charge in [0.05, 0.1) is 6.67 Å². The van der Waals surface area contributed by atoms with Crippen molar-refractivity contribution in [3.8, 4) is 0 Å². The Kier molecular flexibility index (Phi) is 3.42. The first-order chi connectivity index (χ1) is 5.63. The van der Waals surface area contributed by atoms with Crippen LogP contribution in [0.1, 0.15) is 27.7 Å². The van der Waals surface area contributed by atoms with Gasteiger partial charge in [0.25, 0.3) is 0 Å². The van der Waals surface area contributed by atoms with E-state index in [1.807, 2.05) is 5.12 Å². The number of hydrogen-bond donors (Lipinski definition) is 3. The largest absolute Gasteiger partial charge is 0.226 e. The van der Waals surface area contributed by atoms with Gasteiger partial charge < -0.3 is 0 Å². The summed E-state index contributed by atoms with van der Waals surface area (Å²) in [7, 11) is 0. The molecule has 1 fully saturated rings. The van der Waals surface area contributed by atoms with Gasteiger partial charge in [-0.1, -0.05) is 0 Å². The second-order valence-electron chi connectivity index (χ2n) is 3.54. The summed E-state index contributed by atoms with van der Waals surface area (Å²) in [6.45, 7) is 9.51. The van der Waals surface area contributed by atoms with Crippen molar-refractivity contribution in [3.63, 3.8) is 0 Å². The van der Waals surface area contributed by atoms with Crippen LogP contribution in [0.3, 0.4) is 0 Å². The van der Waals surface area contributed by atoms with E-state index in [1.165, 1.54) is 0 Å². The summed E-state index contributed by atoms with van der Waals surface area (Å²) in [6, 6.07) is 0.999. The molecule has 0 radical (unpaired) electrons. The van der Waals surface area contributed by atoms with Crippen LogP contribution in [0.5, 0.6) is 0 Å². The molecule has 12 heavy (non-hydrogen) atoms. The summed E-state index contributed by atoms with van der Waals surface area (Å²) in [5, 5.41) is 4.31. The summed E-state index contributed by atoms with van der Waals surface area (Å²) in [5.74, 6) is 0. The average molecular weight is 173 g/mol. The van der Waals surface area contributed by atoms with Gasteiger partial charge in [0.1, 0.15) is 0 Å². The van der Waals surface area contributed by atoms with E-state index in [4.69, 9.17) is 0 Å². The maximum atomic E-state index is 3.02. The standard InChI is InChI=1S/C7H19N5/c1-6(2)12(7(3)4)11-5-8-9-10-11/h6-10H,5H2,1-4H3. The fourth-order valence-corrected chi connectivity index (χ4v) is 1.55. The Morgan fingerprint density at radius 1 is 1.17 bits per heavy atom. The van der Waals surface area contributed by atoms with E-state index in [9.17, 15) is 0 Å². The van der Waals surface area contributed by atoms with Crippen LogP contribution < -0.4 is 16.5 Å². The van der Waals surface area contributed by atoms with Gasteiger partial charge in [-0.3, -0.25) is 0 Å². The molecule has 0 aromatic carbocycles. The quantitative estimate of drug-likeness (QED) is 0.552. The molecular formula is C7H19N5. The number of rotatable bonds is 3. The van der Waals surface area contributed by atoms with Gasteiger partial charge in [-0.15, -0.1) is 5.12 Å². The lowest BCUT2D eigenvalue weighted by Gasteiger charge is -2.36. The Hall–Kier alpha value is -0.200. The minimum Gasteiger partial charge on any atom is -0.226 e. The van der Waals surface area contributed by atoms with E-state index in [2.05, 4.69) is 49.2 Å². The Morgan fingerprint density at radius 3 is 2.08 bits per heavy atom. The molecule has 0 saturated carbocycles. The molecule has 3 N–H and O–H groups in total. The molecule has 0 bridgehead atoms. The van der Waals surface area contributed by atoms with Crippen LogP contribution in [-0.4, -0.2) is 28.9 Å². The lowest BCUT2D eigenvalue weighted by atomic mass is 10.3. The van der Waals surface area contributed by atoms with E-state index in [1.54, 1.807) is 0 Å². The third kappa shape index (κ3) is 2.15. The zero-order valence-corrected chi connectivity index (χ0v) is 8.26. The molecule has 5 heteroatoms. The molecule has 0 amide bonds. The highest BCUT2D eigenvalue weighted by molar-refractivity contribution is 4.64. The van der Waals surface area contributed by atoms with E-state index in [0.29, 0.717) is 12.1 Å². The van der Waals surface area contributed by atoms with Crippen molar-refractivity contribution < 1.29 is 0 Å². The van der Waals surface area contributed by atoms with Crippen molar-refractivity contribution >= 4 is 0 Å². The molecule has 0 aliphatic carbocycles. The minimum atomic E-state index is 0.499. The van der Waals surface area contributed by atoms with Crippen LogP contribution in [0.2, 0.25) is 0 Å². The second kappa shape index (κ2) is 4.15. The third-order valence-corrected chi connectivity index (χ3v) is 1.84. The highest BCUT2D eigenvalue weighted by atomic mass is 16.0. The fourth-order valence-electron chi connectivity index (χ4n) is 1.55. The van der Waals surface area contributed by atoms with Crippen LogP contribution >= 0.6 is 0 Å². The van der Waals surface area contributed by atoms with E-state index < -0.39 is 0 Å². The van der Waals surface area contributed by atoms with Crippen molar-refractivity contribution in [2.75, 3.05) is 6.67 Å². The summed E-state index contributed by atoms with van der Waals surface area (Å²) >= 11 is 0. The Bertz CT molecular complexity index is 122. The normalized spacial score (nSPS) is 20.2. The fraction of sp³-hybridized carbons (Fsp3) is 1.00. The predicted octanol–water partition coefficient (Wildman–Crippen LogP) is -0.193. The van der Waals surface area contributed by atoms with Crippen LogP contribution in [-0.2, 0) is 0 Å². The van der Waals surface area contributed by atoms with Gasteiger partial charge in [-0.25, -0.2) is 10.4 Å². The van der Waals surface area contributed by atoms with E-state index in [0.717, 1.165) is 6.67 Å². The summed E-state index contributed by atoms with van der Waals surface area (Å²) in [6.07, 6.45) is 0. The van der Waals surface area contributed by atoms with Crippen LogP contribution in [0.15, 0.2) is 0 Å². The highest BCUT2D eigenvalue weighted by Crippen LogP contribution is 2.07. The number of nitrogens with zero attached hydrogens (tertiary/aromatic N) is 2. The molecule has 0 aromatic rings. The lowest BCUT2D eigenvalue weighted by molar-refractivity contribution is -0.0980. The molecule has 0 aromatic heterocycles. The summed E-state index contributed by atoms with van der Waals surface area (Å²) in [5.41, 5.74) is 8.85. The molecule has 1 saturated heterocycles. The topological polar surface area (TPSA) is 42.6 Å². The van der Waals surface area contributed by atoms with Gasteiger partial charge in [-0.2, -0.15) is 11.1 Å². The van der Waals surface area contributed by atoms with Crippen LogP contribution in [0.25, 0.3) is 0 Å². The maximum absolute atomic E-state index is 3.02. The first kappa shape index (κ1) is 9.88. The molecule has 1 aliphatic rings. The van der Waals surface area contributed by atoms with Crippen molar-refractivity contribution in [2.45, 2.75) is 39.8 Å². The highest BCUT2D eigenvalue weighted by Gasteiger charge is 2.23. The first-order valence-electron chi connectivity index (χ1n) is 4.42. The SMILES string of the molecule is CC(C)N(C(C)C)N1CNNN1. The first-order valence-corrected chi connectivity index (χ1v) is 4.42. The Morgan fingerprint density at radius 2 is 1.75 bits per heavy atom. The van der Waals surface area contributed by atoms with E-state index >= 15 is 0 Å². The lowest BCUT2D eigenvalue weighted by Crippen LogP contribution is -2.54. The molecule has 0 atom stereocenters. The zero-order valence-electron chi connectivity index (χ0n) is 8.26. The van der Waals surface area contributed by atoms with Gasteiger partial charge in [0, 0.05) is 12.1 Å². The average Bonchev–Trinajstić information content (AvgIpc) is 2.37. The van der Waals surface area contributed by atoms with Crippen molar-refractivity contribution in [3.05, 3.63) is 0 Å². The van der Waals surface area contributed by atoms with Gasteiger partial charge in [0.15, 0.2) is 0 Å². The summed E-state index contributed by atoms with van der Waals surface area (Å²) in [4.78, 5) is 0. The smallest absolute Gasteiger partial charge is 0.0937 e. The molecule has 0 unspecified atom stereocenters. The van der Waals surface area contributed by atoms with Crippen LogP contribution in [0, 0.1) is 0 Å². The molecule has 72 valence electrons. The molecular weight excluding hydrogens is 154 g/mol. The number of nitrogens with one attached hydrogen (secondary N) is 3.